The lowest BCUT2D eigenvalue weighted by molar-refractivity contribution is 0.406. The average Bonchev–Trinajstić information content (AvgIpc) is 2.94. The largest absolute Gasteiger partial charge is 0.496 e. The summed E-state index contributed by atoms with van der Waals surface area (Å²) >= 11 is 5.11. The van der Waals surface area contributed by atoms with Crippen molar-refractivity contribution < 1.29 is 4.74 Å². The molecule has 0 bridgehead atoms. The molecular weight excluding hydrogens is 316 g/mol. The molecule has 18 heavy (non-hydrogen) atoms. The predicted octanol–water partition coefficient (Wildman–Crippen LogP) is 2.35. The second-order valence-electron chi connectivity index (χ2n) is 3.73. The molecule has 1 N–H and O–H groups in total. The van der Waals surface area contributed by atoms with Crippen molar-refractivity contribution in [3.05, 3.63) is 26.6 Å². The highest BCUT2D eigenvalue weighted by Crippen LogP contribution is 2.36. The van der Waals surface area contributed by atoms with Gasteiger partial charge in [0.05, 0.1) is 23.7 Å². The van der Waals surface area contributed by atoms with Gasteiger partial charge in [0.1, 0.15) is 5.75 Å². The minimum Gasteiger partial charge on any atom is -0.496 e. The fraction of sp³-hybridized carbons (Fsp3) is 0.455. The third-order valence-electron chi connectivity index (χ3n) is 2.65. The molecule has 2 aromatic heterocycles. The molecule has 0 aliphatic rings. The maximum atomic E-state index is 5.40. The van der Waals surface area contributed by atoms with Crippen molar-refractivity contribution in [3.8, 4) is 5.75 Å². The molecular formula is C11H15BrN4OS. The Kier molecular flexibility index (Phi) is 4.36. The van der Waals surface area contributed by atoms with Crippen molar-refractivity contribution in [3.63, 3.8) is 0 Å². The average molecular weight is 331 g/mol. The van der Waals surface area contributed by atoms with E-state index in [1.165, 1.54) is 0 Å². The van der Waals surface area contributed by atoms with Gasteiger partial charge in [0, 0.05) is 7.05 Å². The van der Waals surface area contributed by atoms with Crippen molar-refractivity contribution in [2.24, 2.45) is 7.05 Å². The number of halogens is 1. The van der Waals surface area contributed by atoms with Gasteiger partial charge in [-0.1, -0.05) is 12.1 Å². The molecule has 0 amide bonds. The third kappa shape index (κ3) is 2.43. The second-order valence-corrected chi connectivity index (χ2v) is 5.43. The van der Waals surface area contributed by atoms with E-state index in [1.807, 2.05) is 18.5 Å². The quantitative estimate of drug-likeness (QED) is 0.914. The van der Waals surface area contributed by atoms with Crippen molar-refractivity contribution >= 4 is 27.3 Å². The molecule has 0 aliphatic carbocycles. The van der Waals surface area contributed by atoms with Gasteiger partial charge in [0.15, 0.2) is 4.60 Å². The lowest BCUT2D eigenvalue weighted by Crippen LogP contribution is -2.24. The first-order chi connectivity index (χ1) is 8.69. The first-order valence-corrected chi connectivity index (χ1v) is 7.26. The van der Waals surface area contributed by atoms with Crippen LogP contribution in [0.15, 0.2) is 16.0 Å². The smallest absolute Gasteiger partial charge is 0.153 e. The third-order valence-corrected chi connectivity index (χ3v) is 4.18. The van der Waals surface area contributed by atoms with Gasteiger partial charge >= 0.3 is 0 Å². The minimum absolute atomic E-state index is 0.0272. The Morgan fingerprint density at radius 3 is 2.94 bits per heavy atom. The van der Waals surface area contributed by atoms with Crippen molar-refractivity contribution in [2.45, 2.75) is 13.0 Å². The number of hydrogen-bond acceptors (Lipinski definition) is 5. The molecule has 0 spiro atoms. The molecule has 0 saturated heterocycles. The summed E-state index contributed by atoms with van der Waals surface area (Å²) in [6.45, 7) is 2.92. The van der Waals surface area contributed by atoms with Crippen LogP contribution < -0.4 is 10.1 Å². The Morgan fingerprint density at radius 2 is 2.39 bits per heavy atom. The Labute approximate surface area is 118 Å². The van der Waals surface area contributed by atoms with Gasteiger partial charge in [-0.2, -0.15) is 0 Å². The fourth-order valence-corrected chi connectivity index (χ4v) is 3.34. The molecule has 0 aliphatic heterocycles. The Bertz CT molecular complexity index is 505. The van der Waals surface area contributed by atoms with Gasteiger partial charge in [-0.25, -0.2) is 4.68 Å². The summed E-state index contributed by atoms with van der Waals surface area (Å²) in [4.78, 5) is 1.13. The number of rotatable bonds is 5. The number of aromatic nitrogens is 3. The van der Waals surface area contributed by atoms with E-state index >= 15 is 0 Å². The lowest BCUT2D eigenvalue weighted by Gasteiger charge is -2.18. The van der Waals surface area contributed by atoms with Crippen LogP contribution in [-0.4, -0.2) is 28.6 Å². The SMILES string of the molecule is CCNC(c1sccc1OC)c1c(Br)nnn1C. The molecule has 0 saturated carbocycles. The summed E-state index contributed by atoms with van der Waals surface area (Å²) in [5.41, 5.74) is 0.998. The van der Waals surface area contributed by atoms with Crippen LogP contribution in [0.3, 0.4) is 0 Å². The number of nitrogens with zero attached hydrogens (tertiary/aromatic N) is 3. The van der Waals surface area contributed by atoms with Crippen LogP contribution in [0.4, 0.5) is 0 Å². The molecule has 1 atom stereocenters. The summed E-state index contributed by atoms with van der Waals surface area (Å²) in [6, 6.07) is 2.00. The summed E-state index contributed by atoms with van der Waals surface area (Å²) in [5.74, 6) is 0.888. The zero-order valence-electron chi connectivity index (χ0n) is 10.5. The van der Waals surface area contributed by atoms with E-state index in [0.717, 1.165) is 27.5 Å². The van der Waals surface area contributed by atoms with Crippen LogP contribution in [0.2, 0.25) is 0 Å². The van der Waals surface area contributed by atoms with E-state index < -0.39 is 0 Å². The number of hydrogen-bond donors (Lipinski definition) is 1. The minimum atomic E-state index is 0.0272. The van der Waals surface area contributed by atoms with Crippen molar-refractivity contribution in [1.82, 2.24) is 20.3 Å². The fourth-order valence-electron chi connectivity index (χ4n) is 1.85. The summed E-state index contributed by atoms with van der Waals surface area (Å²) in [6.07, 6.45) is 0. The van der Waals surface area contributed by atoms with Gasteiger partial charge in [-0.05, 0) is 33.9 Å². The predicted molar refractivity (Wildman–Crippen MR) is 75.1 cm³/mol. The van der Waals surface area contributed by atoms with Crippen LogP contribution in [0, 0.1) is 0 Å². The Balaban J connectivity index is 2.46. The number of thiophene rings is 1. The van der Waals surface area contributed by atoms with Crippen LogP contribution in [0.25, 0.3) is 0 Å². The standard InChI is InChI=1S/C11H15BrN4OS/c1-4-13-8(9-11(12)14-15-16(9)2)10-7(17-3)5-6-18-10/h5-6,8,13H,4H2,1-3H3. The Hall–Kier alpha value is -0.920. The van der Waals surface area contributed by atoms with E-state index in [9.17, 15) is 0 Å². The molecule has 0 aromatic carbocycles. The zero-order chi connectivity index (χ0) is 13.1. The van der Waals surface area contributed by atoms with Gasteiger partial charge in [-0.15, -0.1) is 16.4 Å². The maximum absolute atomic E-state index is 5.40. The molecule has 2 heterocycles. The summed E-state index contributed by atoms with van der Waals surface area (Å²) in [5, 5.41) is 13.5. The summed E-state index contributed by atoms with van der Waals surface area (Å²) < 4.78 is 7.93. The number of methoxy groups -OCH3 is 1. The zero-order valence-corrected chi connectivity index (χ0v) is 12.9. The van der Waals surface area contributed by atoms with E-state index in [0.29, 0.717) is 0 Å². The lowest BCUT2D eigenvalue weighted by atomic mass is 10.1. The van der Waals surface area contributed by atoms with Gasteiger partial charge in [0.2, 0.25) is 0 Å². The Morgan fingerprint density at radius 1 is 1.61 bits per heavy atom. The van der Waals surface area contributed by atoms with Crippen LogP contribution >= 0.6 is 27.3 Å². The highest BCUT2D eigenvalue weighted by atomic mass is 79.9. The molecule has 0 fully saturated rings. The van der Waals surface area contributed by atoms with Crippen LogP contribution in [0.5, 0.6) is 5.75 Å². The van der Waals surface area contributed by atoms with Crippen LogP contribution in [-0.2, 0) is 7.05 Å². The van der Waals surface area contributed by atoms with Crippen molar-refractivity contribution in [2.75, 3.05) is 13.7 Å². The topological polar surface area (TPSA) is 52.0 Å². The molecule has 98 valence electrons. The highest BCUT2D eigenvalue weighted by Gasteiger charge is 2.25. The van der Waals surface area contributed by atoms with Gasteiger partial charge in [-0.3, -0.25) is 0 Å². The normalized spacial score (nSPS) is 12.7. The van der Waals surface area contributed by atoms with E-state index in [4.69, 9.17) is 4.74 Å². The molecule has 5 nitrogen and oxygen atoms in total. The number of ether oxygens (including phenoxy) is 1. The van der Waals surface area contributed by atoms with Gasteiger partial charge in [0.25, 0.3) is 0 Å². The second kappa shape index (κ2) is 5.81. The molecule has 2 rings (SSSR count). The first kappa shape index (κ1) is 13.5. The summed E-state index contributed by atoms with van der Waals surface area (Å²) in [7, 11) is 3.57. The monoisotopic (exact) mass is 330 g/mol. The van der Waals surface area contributed by atoms with Crippen LogP contribution in [0.1, 0.15) is 23.5 Å². The van der Waals surface area contributed by atoms with E-state index in [-0.39, 0.29) is 6.04 Å². The molecule has 2 aromatic rings. The van der Waals surface area contributed by atoms with E-state index in [2.05, 4.69) is 38.5 Å². The first-order valence-electron chi connectivity index (χ1n) is 5.58. The maximum Gasteiger partial charge on any atom is 0.153 e. The molecule has 7 heteroatoms. The number of aryl methyl sites for hydroxylation is 1. The van der Waals surface area contributed by atoms with E-state index in [1.54, 1.807) is 23.1 Å². The molecule has 0 radical (unpaired) electrons. The highest BCUT2D eigenvalue weighted by molar-refractivity contribution is 9.10. The van der Waals surface area contributed by atoms with Crippen molar-refractivity contribution in [1.29, 1.82) is 0 Å². The molecule has 1 unspecified atom stereocenters. The number of nitrogens with one attached hydrogen (secondary N) is 1. The van der Waals surface area contributed by atoms with Gasteiger partial charge < -0.3 is 10.1 Å².